The molecule has 4 aromatic rings. The number of hydrogen-bond acceptors (Lipinski definition) is 5. The number of pyridine rings is 1. The fraction of sp³-hybridized carbons (Fsp3) is 0.125. The number of carbonyl (C=O) groups excluding carboxylic acids is 1. The molecule has 0 unspecified atom stereocenters. The van der Waals surface area contributed by atoms with E-state index in [9.17, 15) is 9.18 Å². The van der Waals surface area contributed by atoms with Gasteiger partial charge in [-0.2, -0.15) is 0 Å². The Hall–Kier alpha value is -3.78. The van der Waals surface area contributed by atoms with E-state index in [4.69, 9.17) is 0 Å². The summed E-state index contributed by atoms with van der Waals surface area (Å²) in [5.74, 6) is -0.357. The largest absolute Gasteiger partial charge is 0.331 e. The Bertz CT molecular complexity index is 1280. The Morgan fingerprint density at radius 1 is 1.03 bits per heavy atom. The van der Waals surface area contributed by atoms with Gasteiger partial charge in [-0.1, -0.05) is 12.1 Å². The van der Waals surface area contributed by atoms with Crippen LogP contribution in [0.5, 0.6) is 0 Å². The molecule has 1 fully saturated rings. The van der Waals surface area contributed by atoms with Crippen LogP contribution in [0.15, 0.2) is 72.4 Å². The van der Waals surface area contributed by atoms with Gasteiger partial charge in [-0.25, -0.2) is 14.2 Å². The zero-order valence-electron chi connectivity index (χ0n) is 17.3. The molecule has 0 aliphatic carbocycles. The topological polar surface area (TPSA) is 61.4 Å². The maximum atomic E-state index is 13.6. The van der Waals surface area contributed by atoms with Gasteiger partial charge in [0.15, 0.2) is 5.13 Å². The predicted octanol–water partition coefficient (Wildman–Crippen LogP) is 5.84. The molecule has 160 valence electrons. The Morgan fingerprint density at radius 2 is 1.84 bits per heavy atom. The number of halogens is 1. The number of thiazole rings is 1. The van der Waals surface area contributed by atoms with Gasteiger partial charge in [0.1, 0.15) is 5.82 Å². The lowest BCUT2D eigenvalue weighted by atomic mass is 10.1. The van der Waals surface area contributed by atoms with Crippen LogP contribution in [0.25, 0.3) is 11.3 Å². The second-order valence-corrected chi connectivity index (χ2v) is 8.33. The molecule has 8 heteroatoms. The van der Waals surface area contributed by atoms with Crippen molar-refractivity contribution in [1.29, 1.82) is 0 Å². The molecule has 3 heterocycles. The maximum absolute atomic E-state index is 13.6. The van der Waals surface area contributed by atoms with Crippen molar-refractivity contribution < 1.29 is 9.18 Å². The first-order chi connectivity index (χ1) is 15.6. The molecule has 5 rings (SSSR count). The molecule has 0 saturated carbocycles. The van der Waals surface area contributed by atoms with Gasteiger partial charge in [-0.15, -0.1) is 11.3 Å². The molecule has 6 nitrogen and oxygen atoms in total. The van der Waals surface area contributed by atoms with Crippen molar-refractivity contribution in [3.8, 4) is 11.3 Å². The fourth-order valence-electron chi connectivity index (χ4n) is 3.67. The van der Waals surface area contributed by atoms with Crippen LogP contribution in [0, 0.1) is 12.7 Å². The minimum absolute atomic E-state index is 0.168. The van der Waals surface area contributed by atoms with E-state index in [1.165, 1.54) is 23.5 Å². The Balaban J connectivity index is 1.37. The van der Waals surface area contributed by atoms with Crippen molar-refractivity contribution in [2.24, 2.45) is 0 Å². The van der Waals surface area contributed by atoms with Gasteiger partial charge in [0.2, 0.25) is 0 Å². The number of urea groups is 1. The molecule has 32 heavy (non-hydrogen) atoms. The van der Waals surface area contributed by atoms with Gasteiger partial charge in [0.25, 0.3) is 0 Å². The predicted molar refractivity (Wildman–Crippen MR) is 126 cm³/mol. The number of rotatable bonds is 5. The highest BCUT2D eigenvalue weighted by atomic mass is 32.1. The molecule has 0 spiro atoms. The fourth-order valence-corrected chi connectivity index (χ4v) is 4.40. The van der Waals surface area contributed by atoms with E-state index in [2.05, 4.69) is 15.3 Å². The van der Waals surface area contributed by atoms with Crippen molar-refractivity contribution in [2.45, 2.75) is 6.92 Å². The highest BCUT2D eigenvalue weighted by molar-refractivity contribution is 7.14. The number of nitrogens with one attached hydrogen (secondary N) is 1. The second-order valence-electron chi connectivity index (χ2n) is 7.47. The molecule has 0 radical (unpaired) electrons. The molecule has 0 atom stereocenters. The summed E-state index contributed by atoms with van der Waals surface area (Å²) in [7, 11) is 0. The summed E-state index contributed by atoms with van der Waals surface area (Å²) in [6.45, 7) is 3.03. The Morgan fingerprint density at radius 3 is 2.59 bits per heavy atom. The number of carbonyl (C=O) groups is 1. The minimum atomic E-state index is -0.357. The van der Waals surface area contributed by atoms with E-state index in [0.29, 0.717) is 18.8 Å². The highest BCUT2D eigenvalue weighted by Gasteiger charge is 2.31. The molecule has 1 N–H and O–H groups in total. The first-order valence-electron chi connectivity index (χ1n) is 10.2. The van der Waals surface area contributed by atoms with E-state index in [1.54, 1.807) is 34.3 Å². The van der Waals surface area contributed by atoms with Gasteiger partial charge in [0.05, 0.1) is 5.69 Å². The molecule has 2 amide bonds. The van der Waals surface area contributed by atoms with Crippen LogP contribution in [0.1, 0.15) is 5.56 Å². The number of benzene rings is 2. The van der Waals surface area contributed by atoms with Crippen LogP contribution >= 0.6 is 11.3 Å². The lowest BCUT2D eigenvalue weighted by Gasteiger charge is -2.20. The number of aromatic nitrogens is 2. The molecular formula is C24H20FN5OS. The summed E-state index contributed by atoms with van der Waals surface area (Å²) in [6.07, 6.45) is 3.52. The summed E-state index contributed by atoms with van der Waals surface area (Å²) in [5, 5.41) is 6.13. The van der Waals surface area contributed by atoms with Crippen LogP contribution < -0.4 is 15.1 Å². The van der Waals surface area contributed by atoms with Crippen molar-refractivity contribution in [1.82, 2.24) is 9.97 Å². The monoisotopic (exact) mass is 445 g/mol. The summed E-state index contributed by atoms with van der Waals surface area (Å²) in [4.78, 5) is 25.1. The SMILES string of the molecule is Cc1ccc(N2CCN(c3cccc(F)c3)C2=O)cc1Nc1nc(-c2cccnc2)cs1. The third kappa shape index (κ3) is 3.92. The average Bonchev–Trinajstić information content (AvgIpc) is 3.43. The first kappa shape index (κ1) is 20.1. The van der Waals surface area contributed by atoms with Crippen molar-refractivity contribution >= 4 is 39.6 Å². The van der Waals surface area contributed by atoms with Crippen molar-refractivity contribution in [2.75, 3.05) is 28.2 Å². The van der Waals surface area contributed by atoms with Crippen molar-refractivity contribution in [3.63, 3.8) is 0 Å². The molecule has 1 aliphatic rings. The molecule has 1 aliphatic heterocycles. The average molecular weight is 446 g/mol. The van der Waals surface area contributed by atoms with Crippen LogP contribution in [0.4, 0.5) is 31.4 Å². The van der Waals surface area contributed by atoms with Gasteiger partial charge in [-0.05, 0) is 55.0 Å². The number of aryl methyl sites for hydroxylation is 1. The van der Waals surface area contributed by atoms with Crippen LogP contribution in [0.3, 0.4) is 0 Å². The summed E-state index contributed by atoms with van der Waals surface area (Å²) in [5.41, 5.74) is 5.09. The molecule has 0 bridgehead atoms. The van der Waals surface area contributed by atoms with E-state index in [0.717, 1.165) is 33.3 Å². The van der Waals surface area contributed by atoms with Gasteiger partial charge in [0, 0.05) is 53.5 Å². The lowest BCUT2D eigenvalue weighted by Crippen LogP contribution is -2.31. The quantitative estimate of drug-likeness (QED) is 0.419. The second kappa shape index (κ2) is 8.39. The third-order valence-electron chi connectivity index (χ3n) is 5.36. The minimum Gasteiger partial charge on any atom is -0.331 e. The third-order valence-corrected chi connectivity index (χ3v) is 6.12. The van der Waals surface area contributed by atoms with Gasteiger partial charge < -0.3 is 5.32 Å². The molecule has 1 saturated heterocycles. The summed E-state index contributed by atoms with van der Waals surface area (Å²) < 4.78 is 13.6. The summed E-state index contributed by atoms with van der Waals surface area (Å²) in [6, 6.07) is 15.7. The molecule has 2 aromatic carbocycles. The van der Waals surface area contributed by atoms with E-state index in [-0.39, 0.29) is 11.8 Å². The zero-order valence-corrected chi connectivity index (χ0v) is 18.1. The number of hydrogen-bond donors (Lipinski definition) is 1. The zero-order chi connectivity index (χ0) is 22.1. The number of anilines is 4. The standard InChI is InChI=1S/C24H20FN5OS/c1-16-7-8-20(30-11-10-29(24(30)31)19-6-2-5-18(25)12-19)13-21(16)27-23-28-22(15-32-23)17-4-3-9-26-14-17/h2-9,12-15H,10-11H2,1H3,(H,27,28). The smallest absolute Gasteiger partial charge is 0.329 e. The Kier molecular flexibility index (Phi) is 5.28. The molecular weight excluding hydrogens is 425 g/mol. The highest BCUT2D eigenvalue weighted by Crippen LogP contribution is 2.32. The van der Waals surface area contributed by atoms with E-state index < -0.39 is 0 Å². The van der Waals surface area contributed by atoms with E-state index >= 15 is 0 Å². The first-order valence-corrected chi connectivity index (χ1v) is 11.0. The lowest BCUT2D eigenvalue weighted by molar-refractivity contribution is 0.256. The van der Waals surface area contributed by atoms with Crippen molar-refractivity contribution in [3.05, 3.63) is 83.8 Å². The van der Waals surface area contributed by atoms with Gasteiger partial charge >= 0.3 is 6.03 Å². The van der Waals surface area contributed by atoms with Crippen LogP contribution in [-0.4, -0.2) is 29.1 Å². The molecule has 2 aromatic heterocycles. The van der Waals surface area contributed by atoms with Gasteiger partial charge in [-0.3, -0.25) is 14.8 Å². The summed E-state index contributed by atoms with van der Waals surface area (Å²) >= 11 is 1.51. The number of amides is 2. The maximum Gasteiger partial charge on any atom is 0.329 e. The Labute approximate surface area is 189 Å². The normalized spacial score (nSPS) is 13.6. The van der Waals surface area contributed by atoms with Crippen LogP contribution in [0.2, 0.25) is 0 Å². The van der Waals surface area contributed by atoms with Crippen LogP contribution in [-0.2, 0) is 0 Å². The van der Waals surface area contributed by atoms with E-state index in [1.807, 2.05) is 42.6 Å². The number of nitrogens with zero attached hydrogens (tertiary/aromatic N) is 4.